The van der Waals surface area contributed by atoms with Gasteiger partial charge in [-0.2, -0.15) is 0 Å². The van der Waals surface area contributed by atoms with E-state index in [0.717, 1.165) is 44.9 Å². The number of ether oxygens (including phenoxy) is 6. The molecular formula is C70H135NO18. The van der Waals surface area contributed by atoms with Crippen molar-refractivity contribution in [3.8, 4) is 0 Å². The van der Waals surface area contributed by atoms with Crippen molar-refractivity contribution in [3.63, 3.8) is 0 Å². The Morgan fingerprint density at radius 3 is 0.978 bits per heavy atom. The Kier molecular flexibility index (Phi) is 48.8. The number of hydrogen-bond donors (Lipinski definition) is 12. The third-order valence-corrected chi connectivity index (χ3v) is 18.9. The van der Waals surface area contributed by atoms with Crippen LogP contribution in [0.5, 0.6) is 0 Å². The summed E-state index contributed by atoms with van der Waals surface area (Å²) in [6.45, 7) is 1.84. The number of unbranched alkanes of at least 4 members (excludes halogenated alkanes) is 42. The zero-order chi connectivity index (χ0) is 64.7. The number of aliphatic hydroxyl groups is 11. The fraction of sp³-hybridized carbons (Fsp3) is 0.986. The van der Waals surface area contributed by atoms with Crippen LogP contribution >= 0.6 is 0 Å². The van der Waals surface area contributed by atoms with E-state index in [9.17, 15) is 61.0 Å². The second-order valence-electron chi connectivity index (χ2n) is 26.8. The van der Waals surface area contributed by atoms with Crippen LogP contribution in [0.25, 0.3) is 0 Å². The van der Waals surface area contributed by atoms with Crippen molar-refractivity contribution in [2.24, 2.45) is 0 Å². The molecule has 3 fully saturated rings. The van der Waals surface area contributed by atoms with Gasteiger partial charge < -0.3 is 89.9 Å². The van der Waals surface area contributed by atoms with Crippen molar-refractivity contribution < 1.29 is 89.4 Å². The Morgan fingerprint density at radius 2 is 0.640 bits per heavy atom. The summed E-state index contributed by atoms with van der Waals surface area (Å²) in [6, 6.07) is -0.881. The molecule has 3 saturated heterocycles. The van der Waals surface area contributed by atoms with E-state index in [1.54, 1.807) is 0 Å². The van der Waals surface area contributed by atoms with Crippen molar-refractivity contribution in [2.45, 2.75) is 413 Å². The van der Waals surface area contributed by atoms with E-state index in [0.29, 0.717) is 12.8 Å². The van der Waals surface area contributed by atoms with Crippen molar-refractivity contribution in [3.05, 3.63) is 0 Å². The second-order valence-corrected chi connectivity index (χ2v) is 26.8. The molecule has 0 spiro atoms. The number of carbonyl (C=O) groups is 1. The van der Waals surface area contributed by atoms with Crippen LogP contribution in [0.3, 0.4) is 0 Å². The monoisotopic (exact) mass is 1280 g/mol. The quantitative estimate of drug-likeness (QED) is 0.0252. The number of carbonyl (C=O) groups excluding carboxylic acids is 1. The smallest absolute Gasteiger partial charge is 0.220 e. The van der Waals surface area contributed by atoms with Gasteiger partial charge in [-0.05, 0) is 12.8 Å². The summed E-state index contributed by atoms with van der Waals surface area (Å²) in [5.74, 6) is -0.237. The lowest BCUT2D eigenvalue weighted by molar-refractivity contribution is -0.379. The molecule has 19 heteroatoms. The molecule has 17 atom stereocenters. The number of hydrogen-bond acceptors (Lipinski definition) is 18. The summed E-state index contributed by atoms with van der Waals surface area (Å²) >= 11 is 0. The molecule has 0 bridgehead atoms. The van der Waals surface area contributed by atoms with Gasteiger partial charge in [0.15, 0.2) is 18.9 Å². The summed E-state index contributed by atoms with van der Waals surface area (Å²) in [7, 11) is 0. The van der Waals surface area contributed by atoms with E-state index in [2.05, 4.69) is 19.2 Å². The standard InChI is InChI=1S/C70H135NO18/c1-3-5-7-9-11-13-15-17-19-20-21-22-23-24-25-26-27-28-29-30-31-32-33-34-35-37-39-41-43-45-47-54(75)53(71-58(76)48-46-44-42-40-38-36-18-16-14-12-10-8-6-4-2)52-84-68-64(82)61(79)66(56(50-73)86-68)89-70-65(83)62(80)67(57(51-74)87-70)88-69-63(81)60(78)59(77)55(49-72)85-69/h53-57,59-70,72-75,77-83H,3-52H2,1-2H3,(H,71,76). The van der Waals surface area contributed by atoms with Crippen molar-refractivity contribution in [2.75, 3.05) is 26.4 Å². The molecule has 0 aromatic heterocycles. The minimum atomic E-state index is -1.97. The van der Waals surface area contributed by atoms with E-state index in [1.165, 1.54) is 231 Å². The van der Waals surface area contributed by atoms with E-state index in [4.69, 9.17) is 28.4 Å². The lowest BCUT2D eigenvalue weighted by Gasteiger charge is -2.48. The van der Waals surface area contributed by atoms with Crippen LogP contribution in [0.2, 0.25) is 0 Å². The maximum Gasteiger partial charge on any atom is 0.220 e. The highest BCUT2D eigenvalue weighted by Crippen LogP contribution is 2.33. The SMILES string of the molecule is CCCCCCCCCCCCCCCCCCCCCCCCCCCCCCCCC(O)C(COC1OC(CO)C(OC2OC(CO)C(OC3OC(CO)C(O)C(O)C3O)C(O)C2O)C(O)C1O)NC(=O)CCCCCCCCCCCCCCCC. The van der Waals surface area contributed by atoms with E-state index in [-0.39, 0.29) is 18.9 Å². The fourth-order valence-corrected chi connectivity index (χ4v) is 13.0. The lowest BCUT2D eigenvalue weighted by atomic mass is 9.96. The Bertz CT molecular complexity index is 1620. The first kappa shape index (κ1) is 82.0. The summed E-state index contributed by atoms with van der Waals surface area (Å²) in [6.07, 6.45) is 30.6. The van der Waals surface area contributed by atoms with Crippen molar-refractivity contribution in [1.82, 2.24) is 5.32 Å². The van der Waals surface area contributed by atoms with Crippen LogP contribution < -0.4 is 5.32 Å². The molecule has 1 amide bonds. The highest BCUT2D eigenvalue weighted by Gasteiger charge is 2.53. The van der Waals surface area contributed by atoms with Crippen LogP contribution in [-0.4, -0.2) is 193 Å². The summed E-state index contributed by atoms with van der Waals surface area (Å²) in [4.78, 5) is 13.4. The summed E-state index contributed by atoms with van der Waals surface area (Å²) in [5.41, 5.74) is 0. The molecule has 0 aromatic rings. The molecule has 0 aliphatic carbocycles. The van der Waals surface area contributed by atoms with Crippen LogP contribution in [0, 0.1) is 0 Å². The van der Waals surface area contributed by atoms with Gasteiger partial charge >= 0.3 is 0 Å². The Morgan fingerprint density at radius 1 is 0.360 bits per heavy atom. The molecule has 3 aliphatic rings. The van der Waals surface area contributed by atoms with Crippen LogP contribution in [0.4, 0.5) is 0 Å². The molecular weight excluding hydrogens is 1140 g/mol. The van der Waals surface area contributed by atoms with Crippen molar-refractivity contribution in [1.29, 1.82) is 0 Å². The Labute approximate surface area is 538 Å². The molecule has 12 N–H and O–H groups in total. The third-order valence-electron chi connectivity index (χ3n) is 18.9. The largest absolute Gasteiger partial charge is 0.394 e. The molecule has 0 saturated carbocycles. The maximum absolute atomic E-state index is 13.4. The van der Waals surface area contributed by atoms with Gasteiger partial charge in [-0.15, -0.1) is 0 Å². The van der Waals surface area contributed by atoms with E-state index < -0.39 is 124 Å². The van der Waals surface area contributed by atoms with Gasteiger partial charge in [-0.25, -0.2) is 0 Å². The highest BCUT2D eigenvalue weighted by atomic mass is 16.8. The normalized spacial score (nSPS) is 28.1. The van der Waals surface area contributed by atoms with Crippen molar-refractivity contribution >= 4 is 5.91 Å². The maximum atomic E-state index is 13.4. The average molecular weight is 1280 g/mol. The minimum Gasteiger partial charge on any atom is -0.394 e. The summed E-state index contributed by atoms with van der Waals surface area (Å²) < 4.78 is 34.4. The van der Waals surface area contributed by atoms with Gasteiger partial charge in [-0.1, -0.05) is 290 Å². The third kappa shape index (κ3) is 34.9. The minimum absolute atomic E-state index is 0.237. The first-order valence-corrected chi connectivity index (χ1v) is 36.8. The zero-order valence-electron chi connectivity index (χ0n) is 55.9. The molecule has 0 radical (unpaired) electrons. The van der Waals surface area contributed by atoms with Crippen LogP contribution in [0.15, 0.2) is 0 Å². The molecule has 3 heterocycles. The number of rotatable bonds is 58. The molecule has 0 aromatic carbocycles. The van der Waals surface area contributed by atoms with E-state index >= 15 is 0 Å². The number of aliphatic hydroxyl groups excluding tert-OH is 11. The Hall–Kier alpha value is -1.21. The first-order chi connectivity index (χ1) is 43.3. The number of nitrogens with one attached hydrogen (secondary N) is 1. The topological polar surface area (TPSA) is 307 Å². The van der Waals surface area contributed by atoms with Gasteiger partial charge in [0.2, 0.25) is 5.91 Å². The van der Waals surface area contributed by atoms with Gasteiger partial charge in [0.1, 0.15) is 73.2 Å². The average Bonchev–Trinajstić information content (AvgIpc) is 1.93. The summed E-state index contributed by atoms with van der Waals surface area (Å²) in [5, 5.41) is 121. The number of amides is 1. The van der Waals surface area contributed by atoms with Gasteiger partial charge in [-0.3, -0.25) is 4.79 Å². The molecule has 89 heavy (non-hydrogen) atoms. The molecule has 3 rings (SSSR count). The van der Waals surface area contributed by atoms with Gasteiger partial charge in [0.05, 0.1) is 38.6 Å². The fourth-order valence-electron chi connectivity index (χ4n) is 13.0. The predicted octanol–water partition coefficient (Wildman–Crippen LogP) is 10.3. The van der Waals surface area contributed by atoms with Gasteiger partial charge in [0.25, 0.3) is 0 Å². The molecule has 19 nitrogen and oxygen atoms in total. The van der Waals surface area contributed by atoms with Crippen LogP contribution in [0.1, 0.15) is 309 Å². The zero-order valence-corrected chi connectivity index (χ0v) is 55.9. The van der Waals surface area contributed by atoms with E-state index in [1.807, 2.05) is 0 Å². The molecule has 3 aliphatic heterocycles. The predicted molar refractivity (Wildman–Crippen MR) is 347 cm³/mol. The lowest BCUT2D eigenvalue weighted by Crippen LogP contribution is -2.66. The molecule has 17 unspecified atom stereocenters. The van der Waals surface area contributed by atoms with Crippen LogP contribution in [-0.2, 0) is 33.2 Å². The molecule has 528 valence electrons. The Balaban J connectivity index is 1.37. The first-order valence-electron chi connectivity index (χ1n) is 36.8. The second kappa shape index (κ2) is 53.0. The van der Waals surface area contributed by atoms with Gasteiger partial charge in [0, 0.05) is 6.42 Å². The highest BCUT2D eigenvalue weighted by molar-refractivity contribution is 5.76.